The molecule has 140 valence electrons. The number of thiazole rings is 2. The molecule has 0 atom stereocenters. The minimum absolute atomic E-state index is 0.0531. The van der Waals surface area contributed by atoms with E-state index in [1.807, 2.05) is 17.5 Å². The zero-order valence-electron chi connectivity index (χ0n) is 14.2. The van der Waals surface area contributed by atoms with Crippen LogP contribution in [0.25, 0.3) is 21.8 Å². The Hall–Kier alpha value is -3.04. The molecular formula is C19H12F2N4OS2. The molecule has 3 heterocycles. The molecule has 5 nitrogen and oxygen atoms in total. The topological polar surface area (TPSA) is 67.8 Å². The molecule has 1 N–H and O–H groups in total. The summed E-state index contributed by atoms with van der Waals surface area (Å²) in [5, 5.41) is 7.15. The zero-order valence-corrected chi connectivity index (χ0v) is 15.9. The molecule has 0 fully saturated rings. The van der Waals surface area contributed by atoms with Gasteiger partial charge in [-0.1, -0.05) is 0 Å². The van der Waals surface area contributed by atoms with Gasteiger partial charge < -0.3 is 5.32 Å². The molecule has 0 radical (unpaired) electrons. The summed E-state index contributed by atoms with van der Waals surface area (Å²) in [4.78, 5) is 24.9. The molecule has 28 heavy (non-hydrogen) atoms. The number of nitrogens with one attached hydrogen (secondary N) is 1. The van der Waals surface area contributed by atoms with Gasteiger partial charge in [0.1, 0.15) is 16.6 Å². The molecule has 4 aromatic rings. The van der Waals surface area contributed by atoms with Gasteiger partial charge in [-0.2, -0.15) is 0 Å². The van der Waals surface area contributed by atoms with Gasteiger partial charge in [-0.25, -0.2) is 18.7 Å². The minimum Gasteiger partial charge on any atom is -0.302 e. The quantitative estimate of drug-likeness (QED) is 0.510. The van der Waals surface area contributed by atoms with Crippen molar-refractivity contribution in [3.63, 3.8) is 0 Å². The van der Waals surface area contributed by atoms with E-state index < -0.39 is 11.6 Å². The van der Waals surface area contributed by atoms with E-state index in [0.29, 0.717) is 10.8 Å². The molecule has 3 aromatic heterocycles. The van der Waals surface area contributed by atoms with Crippen LogP contribution >= 0.6 is 22.7 Å². The summed E-state index contributed by atoms with van der Waals surface area (Å²) in [6, 6.07) is 6.89. The fraction of sp³-hybridized carbons (Fsp3) is 0.0526. The van der Waals surface area contributed by atoms with E-state index in [9.17, 15) is 13.6 Å². The number of halogens is 2. The van der Waals surface area contributed by atoms with E-state index in [2.05, 4.69) is 20.3 Å². The van der Waals surface area contributed by atoms with Crippen molar-refractivity contribution in [1.29, 1.82) is 0 Å². The van der Waals surface area contributed by atoms with Crippen molar-refractivity contribution < 1.29 is 13.6 Å². The first-order valence-corrected chi connectivity index (χ1v) is 9.90. The Morgan fingerprint density at radius 2 is 2.00 bits per heavy atom. The first kappa shape index (κ1) is 18.3. The second kappa shape index (κ2) is 7.91. The summed E-state index contributed by atoms with van der Waals surface area (Å²) in [6.07, 6.45) is 3.48. The largest absolute Gasteiger partial charge is 0.302 e. The summed E-state index contributed by atoms with van der Waals surface area (Å²) in [7, 11) is 0. The Balaban J connectivity index is 1.43. The predicted octanol–water partition coefficient (Wildman–Crippen LogP) is 4.79. The number of nitrogens with zero attached hydrogens (tertiary/aromatic N) is 3. The maximum Gasteiger partial charge on any atom is 0.232 e. The summed E-state index contributed by atoms with van der Waals surface area (Å²) in [6.45, 7) is 0. The number of benzene rings is 1. The number of hydrogen-bond donors (Lipinski definition) is 1. The van der Waals surface area contributed by atoms with Crippen LogP contribution in [0.4, 0.5) is 13.9 Å². The third kappa shape index (κ3) is 4.10. The standard InChI is InChI=1S/C19H12F2N4OS2/c20-12-3-4-15(21)14(6-12)16-10-28-19(24-16)25-17(26)7-13-9-27-18(23-13)11-2-1-5-22-8-11/h1-6,8-10H,7H2,(H,24,25,26). The number of rotatable bonds is 5. The van der Waals surface area contributed by atoms with Crippen LogP contribution in [0.2, 0.25) is 0 Å². The van der Waals surface area contributed by atoms with Gasteiger partial charge >= 0.3 is 0 Å². The smallest absolute Gasteiger partial charge is 0.232 e. The Labute approximate surface area is 166 Å². The van der Waals surface area contributed by atoms with Gasteiger partial charge in [0.15, 0.2) is 5.13 Å². The normalized spacial score (nSPS) is 10.8. The van der Waals surface area contributed by atoms with Gasteiger partial charge in [0, 0.05) is 34.3 Å². The molecule has 1 amide bonds. The number of carbonyl (C=O) groups excluding carboxylic acids is 1. The van der Waals surface area contributed by atoms with E-state index in [4.69, 9.17) is 0 Å². The molecular weight excluding hydrogens is 402 g/mol. The molecule has 0 unspecified atom stereocenters. The molecule has 4 rings (SSSR count). The lowest BCUT2D eigenvalue weighted by molar-refractivity contribution is -0.115. The number of hydrogen-bond acceptors (Lipinski definition) is 6. The molecule has 1 aromatic carbocycles. The lowest BCUT2D eigenvalue weighted by Gasteiger charge is -2.01. The third-order valence-electron chi connectivity index (χ3n) is 3.76. The average molecular weight is 414 g/mol. The van der Waals surface area contributed by atoms with Gasteiger partial charge in [0.05, 0.1) is 17.8 Å². The summed E-state index contributed by atoms with van der Waals surface area (Å²) in [5.74, 6) is -1.42. The SMILES string of the molecule is O=C(Cc1csc(-c2cccnc2)n1)Nc1nc(-c2cc(F)ccc2F)cs1. The second-order valence-electron chi connectivity index (χ2n) is 5.77. The highest BCUT2D eigenvalue weighted by Crippen LogP contribution is 2.28. The first-order chi connectivity index (χ1) is 13.6. The third-order valence-corrected chi connectivity index (χ3v) is 5.45. The summed E-state index contributed by atoms with van der Waals surface area (Å²) >= 11 is 2.58. The van der Waals surface area contributed by atoms with E-state index in [-0.39, 0.29) is 23.6 Å². The van der Waals surface area contributed by atoms with Crippen molar-refractivity contribution in [3.05, 3.63) is 70.8 Å². The number of anilines is 1. The van der Waals surface area contributed by atoms with Crippen molar-refractivity contribution in [2.75, 3.05) is 5.32 Å². The van der Waals surface area contributed by atoms with Crippen molar-refractivity contribution in [1.82, 2.24) is 15.0 Å². The number of carbonyl (C=O) groups is 1. The van der Waals surface area contributed by atoms with Crippen LogP contribution in [-0.2, 0) is 11.2 Å². The van der Waals surface area contributed by atoms with Crippen LogP contribution in [0.1, 0.15) is 5.69 Å². The Morgan fingerprint density at radius 1 is 1.11 bits per heavy atom. The van der Waals surface area contributed by atoms with Gasteiger partial charge in [-0.05, 0) is 30.3 Å². The fourth-order valence-corrected chi connectivity index (χ4v) is 4.02. The highest BCUT2D eigenvalue weighted by Gasteiger charge is 2.14. The van der Waals surface area contributed by atoms with Crippen molar-refractivity contribution >= 4 is 33.7 Å². The molecule has 0 aliphatic heterocycles. The monoisotopic (exact) mass is 414 g/mol. The number of pyridine rings is 1. The summed E-state index contributed by atoms with van der Waals surface area (Å²) < 4.78 is 27.2. The highest BCUT2D eigenvalue weighted by atomic mass is 32.1. The van der Waals surface area contributed by atoms with E-state index in [1.54, 1.807) is 17.8 Å². The van der Waals surface area contributed by atoms with Gasteiger partial charge in [0.25, 0.3) is 0 Å². The van der Waals surface area contributed by atoms with Crippen LogP contribution in [0.15, 0.2) is 53.5 Å². The van der Waals surface area contributed by atoms with Crippen molar-refractivity contribution in [3.8, 4) is 21.8 Å². The summed E-state index contributed by atoms with van der Waals surface area (Å²) in [5.41, 5.74) is 1.84. The maximum atomic E-state index is 13.9. The van der Waals surface area contributed by atoms with E-state index in [1.165, 1.54) is 11.3 Å². The molecule has 0 saturated heterocycles. The van der Waals surface area contributed by atoms with Gasteiger partial charge in [-0.3, -0.25) is 9.78 Å². The van der Waals surface area contributed by atoms with Crippen LogP contribution < -0.4 is 5.32 Å². The second-order valence-corrected chi connectivity index (χ2v) is 7.49. The zero-order chi connectivity index (χ0) is 19.5. The number of amides is 1. The molecule has 0 aliphatic rings. The lowest BCUT2D eigenvalue weighted by Crippen LogP contribution is -2.14. The number of aromatic nitrogens is 3. The van der Waals surface area contributed by atoms with Crippen LogP contribution in [-0.4, -0.2) is 20.9 Å². The highest BCUT2D eigenvalue weighted by molar-refractivity contribution is 7.14. The molecule has 0 bridgehead atoms. The van der Waals surface area contributed by atoms with E-state index in [0.717, 1.165) is 40.1 Å². The molecule has 0 aliphatic carbocycles. The minimum atomic E-state index is -0.574. The lowest BCUT2D eigenvalue weighted by atomic mass is 10.1. The predicted molar refractivity (Wildman–Crippen MR) is 105 cm³/mol. The van der Waals surface area contributed by atoms with Crippen molar-refractivity contribution in [2.45, 2.75) is 6.42 Å². The first-order valence-electron chi connectivity index (χ1n) is 8.14. The van der Waals surface area contributed by atoms with Gasteiger partial charge in [0.2, 0.25) is 5.91 Å². The molecule has 0 saturated carbocycles. The van der Waals surface area contributed by atoms with Crippen molar-refractivity contribution in [2.24, 2.45) is 0 Å². The van der Waals surface area contributed by atoms with E-state index >= 15 is 0 Å². The molecule has 0 spiro atoms. The van der Waals surface area contributed by atoms with Crippen LogP contribution in [0.5, 0.6) is 0 Å². The van der Waals surface area contributed by atoms with Gasteiger partial charge in [-0.15, -0.1) is 22.7 Å². The average Bonchev–Trinajstić information content (AvgIpc) is 3.34. The van der Waals surface area contributed by atoms with Crippen LogP contribution in [0.3, 0.4) is 0 Å². The van der Waals surface area contributed by atoms with Crippen LogP contribution in [0, 0.1) is 11.6 Å². The Morgan fingerprint density at radius 3 is 2.82 bits per heavy atom. The Bertz CT molecular complexity index is 1130. The molecule has 9 heteroatoms. The Kier molecular flexibility index (Phi) is 5.18. The maximum absolute atomic E-state index is 13.9. The fourth-order valence-electron chi connectivity index (χ4n) is 2.49.